The van der Waals surface area contributed by atoms with Crippen molar-refractivity contribution in [2.24, 2.45) is 12.8 Å². The first kappa shape index (κ1) is 20.4. The molecule has 1 aromatic heterocycles. The van der Waals surface area contributed by atoms with Crippen molar-refractivity contribution in [1.29, 1.82) is 0 Å². The van der Waals surface area contributed by atoms with E-state index in [1.807, 2.05) is 30.7 Å². The maximum atomic E-state index is 12.4. The minimum absolute atomic E-state index is 0.00236. The molecule has 0 spiro atoms. The summed E-state index contributed by atoms with van der Waals surface area (Å²) in [5.41, 5.74) is 8.92. The zero-order valence-corrected chi connectivity index (χ0v) is 15.3. The fraction of sp³-hybridized carbons (Fsp3) is 0.550. The minimum Gasteiger partial charge on any atom is -0.395 e. The van der Waals surface area contributed by atoms with Crippen molar-refractivity contribution in [3.8, 4) is 0 Å². The number of aliphatic hydroxyl groups is 1. The van der Waals surface area contributed by atoms with Crippen LogP contribution >= 0.6 is 0 Å². The van der Waals surface area contributed by atoms with Gasteiger partial charge in [0.15, 0.2) is 5.78 Å². The van der Waals surface area contributed by atoms with Gasteiger partial charge >= 0.3 is 0 Å². The zero-order chi connectivity index (χ0) is 17.9. The number of allylic oxidation sites excluding steroid dienone is 4. The molecule has 0 radical (unpaired) electrons. The fourth-order valence-electron chi connectivity index (χ4n) is 2.79. The quantitative estimate of drug-likeness (QED) is 0.370. The van der Waals surface area contributed by atoms with E-state index in [4.69, 9.17) is 10.8 Å². The Morgan fingerprint density at radius 2 is 2.00 bits per heavy atom. The number of nitrogens with two attached hydrogens (primary N) is 1. The first-order valence-corrected chi connectivity index (χ1v) is 8.85. The van der Waals surface area contributed by atoms with Crippen LogP contribution in [-0.2, 0) is 13.5 Å². The van der Waals surface area contributed by atoms with E-state index in [-0.39, 0.29) is 18.4 Å². The molecule has 0 amide bonds. The van der Waals surface area contributed by atoms with E-state index in [1.54, 1.807) is 0 Å². The minimum atomic E-state index is -0.197. The zero-order valence-electron chi connectivity index (χ0n) is 15.3. The lowest BCUT2D eigenvalue weighted by Crippen LogP contribution is -2.25. The van der Waals surface area contributed by atoms with Gasteiger partial charge < -0.3 is 15.4 Å². The molecule has 3 N–H and O–H groups in total. The lowest BCUT2D eigenvalue weighted by atomic mass is 10.0. The number of nitrogens with zero attached hydrogens (tertiary/aromatic N) is 1. The molecule has 0 fully saturated rings. The summed E-state index contributed by atoms with van der Waals surface area (Å²) in [6.07, 6.45) is 11.3. The third kappa shape index (κ3) is 6.46. The van der Waals surface area contributed by atoms with Crippen molar-refractivity contribution in [2.45, 2.75) is 58.4 Å². The molecule has 4 heteroatoms. The summed E-state index contributed by atoms with van der Waals surface area (Å²) >= 11 is 0. The van der Waals surface area contributed by atoms with Crippen LogP contribution in [0, 0.1) is 0 Å². The molecule has 0 bridgehead atoms. The van der Waals surface area contributed by atoms with Gasteiger partial charge in [0.25, 0.3) is 0 Å². The Morgan fingerprint density at radius 3 is 2.62 bits per heavy atom. The molecule has 1 aromatic rings. The predicted molar refractivity (Wildman–Crippen MR) is 100 cm³/mol. The van der Waals surface area contributed by atoms with Gasteiger partial charge in [-0.1, -0.05) is 23.8 Å². The van der Waals surface area contributed by atoms with Gasteiger partial charge in [0, 0.05) is 25.2 Å². The highest BCUT2D eigenvalue weighted by Crippen LogP contribution is 2.15. The Kier molecular flexibility index (Phi) is 9.35. The Hall–Kier alpha value is -1.65. The average molecular weight is 332 g/mol. The van der Waals surface area contributed by atoms with E-state index in [9.17, 15) is 4.79 Å². The average Bonchev–Trinajstić information content (AvgIpc) is 2.95. The van der Waals surface area contributed by atoms with Crippen LogP contribution in [0.15, 0.2) is 35.9 Å². The van der Waals surface area contributed by atoms with Crippen molar-refractivity contribution in [1.82, 2.24) is 4.57 Å². The third-order valence-corrected chi connectivity index (χ3v) is 4.39. The summed E-state index contributed by atoms with van der Waals surface area (Å²) in [6.45, 7) is 4.07. The second-order valence-corrected chi connectivity index (χ2v) is 6.24. The normalized spacial score (nSPS) is 13.6. The summed E-state index contributed by atoms with van der Waals surface area (Å²) < 4.78 is 1.96. The number of carbonyl (C=O) groups is 1. The number of aliphatic hydroxyl groups excluding tert-OH is 1. The van der Waals surface area contributed by atoms with Crippen LogP contribution in [0.3, 0.4) is 0 Å². The summed E-state index contributed by atoms with van der Waals surface area (Å²) in [5, 5.41) is 8.99. The molecule has 134 valence electrons. The summed E-state index contributed by atoms with van der Waals surface area (Å²) in [5.74, 6) is 0.197. The SMILES string of the molecule is C/C=C\C(=C/C)CCCCC(=O)c1ccc(CCC(N)CO)n1C. The Labute approximate surface area is 146 Å². The standard InChI is InChI=1S/C20H32N2O2/c1-4-8-16(5-2)9-6-7-10-20(24)19-14-13-18(22(19)3)12-11-17(21)15-23/h4-5,8,13-14,17,23H,6-7,9-12,15,21H2,1-3H3/b8-4-,16-5+. The molecular formula is C20H32N2O2. The highest BCUT2D eigenvalue weighted by atomic mass is 16.3. The lowest BCUT2D eigenvalue weighted by molar-refractivity contribution is 0.0971. The number of unbranched alkanes of at least 4 members (excludes halogenated alkanes) is 1. The number of aryl methyl sites for hydroxylation is 1. The topological polar surface area (TPSA) is 68.2 Å². The number of rotatable bonds is 11. The van der Waals surface area contributed by atoms with Crippen molar-refractivity contribution in [3.63, 3.8) is 0 Å². The van der Waals surface area contributed by atoms with Crippen LogP contribution < -0.4 is 5.73 Å². The van der Waals surface area contributed by atoms with Crippen LogP contribution in [0.5, 0.6) is 0 Å². The smallest absolute Gasteiger partial charge is 0.179 e. The molecule has 0 saturated heterocycles. The molecule has 4 nitrogen and oxygen atoms in total. The largest absolute Gasteiger partial charge is 0.395 e. The second kappa shape index (κ2) is 11.0. The van der Waals surface area contributed by atoms with E-state index in [0.29, 0.717) is 6.42 Å². The molecule has 1 unspecified atom stereocenters. The van der Waals surface area contributed by atoms with Gasteiger partial charge in [0.2, 0.25) is 0 Å². The van der Waals surface area contributed by atoms with Gasteiger partial charge in [0.1, 0.15) is 0 Å². The summed E-state index contributed by atoms with van der Waals surface area (Å²) in [6, 6.07) is 3.69. The van der Waals surface area contributed by atoms with Crippen LogP contribution in [0.1, 0.15) is 62.1 Å². The summed E-state index contributed by atoms with van der Waals surface area (Å²) in [4.78, 5) is 12.4. The van der Waals surface area contributed by atoms with Crippen molar-refractivity contribution in [3.05, 3.63) is 47.3 Å². The maximum Gasteiger partial charge on any atom is 0.179 e. The van der Waals surface area contributed by atoms with E-state index < -0.39 is 0 Å². The molecule has 0 aliphatic carbocycles. The highest BCUT2D eigenvalue weighted by Gasteiger charge is 2.13. The predicted octanol–water partition coefficient (Wildman–Crippen LogP) is 3.54. The molecule has 24 heavy (non-hydrogen) atoms. The molecule has 0 aromatic carbocycles. The fourth-order valence-corrected chi connectivity index (χ4v) is 2.79. The molecule has 1 heterocycles. The Bertz CT molecular complexity index is 570. The van der Waals surface area contributed by atoms with Crippen molar-refractivity contribution < 1.29 is 9.90 Å². The van der Waals surface area contributed by atoms with Crippen LogP contribution in [0.25, 0.3) is 0 Å². The first-order chi connectivity index (χ1) is 11.5. The van der Waals surface area contributed by atoms with Crippen LogP contribution in [0.4, 0.5) is 0 Å². The number of Topliss-reactive ketones (excluding diaryl/α,β-unsaturated/α-hetero) is 1. The Morgan fingerprint density at radius 1 is 1.29 bits per heavy atom. The molecule has 1 rings (SSSR count). The number of hydrogen-bond donors (Lipinski definition) is 2. The van der Waals surface area contributed by atoms with E-state index in [0.717, 1.165) is 43.5 Å². The van der Waals surface area contributed by atoms with E-state index in [1.165, 1.54) is 5.57 Å². The number of hydrogen-bond acceptors (Lipinski definition) is 3. The number of ketones is 1. The van der Waals surface area contributed by atoms with Gasteiger partial charge in [-0.05, 0) is 58.1 Å². The van der Waals surface area contributed by atoms with Crippen molar-refractivity contribution in [2.75, 3.05) is 6.61 Å². The number of carbonyl (C=O) groups excluding carboxylic acids is 1. The van der Waals surface area contributed by atoms with Gasteiger partial charge in [0.05, 0.1) is 12.3 Å². The molecular weight excluding hydrogens is 300 g/mol. The van der Waals surface area contributed by atoms with Crippen LogP contribution in [0.2, 0.25) is 0 Å². The number of aromatic nitrogens is 1. The molecule has 0 saturated carbocycles. The second-order valence-electron chi connectivity index (χ2n) is 6.24. The highest BCUT2D eigenvalue weighted by molar-refractivity contribution is 5.94. The van der Waals surface area contributed by atoms with Crippen LogP contribution in [-0.4, -0.2) is 28.1 Å². The monoisotopic (exact) mass is 332 g/mol. The van der Waals surface area contributed by atoms with Gasteiger partial charge in [-0.15, -0.1) is 0 Å². The maximum absolute atomic E-state index is 12.4. The Balaban J connectivity index is 2.47. The molecule has 0 aliphatic heterocycles. The van der Waals surface area contributed by atoms with E-state index >= 15 is 0 Å². The van der Waals surface area contributed by atoms with Gasteiger partial charge in [-0.3, -0.25) is 4.79 Å². The first-order valence-electron chi connectivity index (χ1n) is 8.85. The van der Waals surface area contributed by atoms with Gasteiger partial charge in [-0.2, -0.15) is 0 Å². The van der Waals surface area contributed by atoms with Crippen molar-refractivity contribution >= 4 is 5.78 Å². The van der Waals surface area contributed by atoms with Gasteiger partial charge in [-0.25, -0.2) is 0 Å². The van der Waals surface area contributed by atoms with E-state index in [2.05, 4.69) is 25.2 Å². The third-order valence-electron chi connectivity index (χ3n) is 4.39. The molecule has 1 atom stereocenters. The lowest BCUT2D eigenvalue weighted by Gasteiger charge is -2.10. The summed E-state index contributed by atoms with van der Waals surface area (Å²) in [7, 11) is 1.93. The molecule has 0 aliphatic rings.